The van der Waals surface area contributed by atoms with Gasteiger partial charge in [0.25, 0.3) is 0 Å². The Balaban J connectivity index is -0.000000107. The van der Waals surface area contributed by atoms with Crippen LogP contribution in [-0.4, -0.2) is 0 Å². The third-order valence-corrected chi connectivity index (χ3v) is 1.60. The van der Waals surface area contributed by atoms with Crippen molar-refractivity contribution < 1.29 is 66.6 Å². The van der Waals surface area contributed by atoms with Gasteiger partial charge in [-0.25, -0.2) is 0 Å². The molecule has 0 saturated heterocycles. The molecule has 0 aromatic heterocycles. The summed E-state index contributed by atoms with van der Waals surface area (Å²) in [6.45, 7) is 6.05. The van der Waals surface area contributed by atoms with Crippen molar-refractivity contribution in [3.8, 4) is 0 Å². The van der Waals surface area contributed by atoms with Crippen molar-refractivity contribution in [2.45, 2.75) is 51.9 Å². The minimum absolute atomic E-state index is 0. The average Bonchev–Trinajstić information content (AvgIpc) is 1.89. The number of hydrogen-bond donors (Lipinski definition) is 0. The van der Waals surface area contributed by atoms with Gasteiger partial charge in [-0.05, 0) is 0 Å². The summed E-state index contributed by atoms with van der Waals surface area (Å²) in [5.74, 6) is 0. The van der Waals surface area contributed by atoms with E-state index >= 15 is 0 Å². The van der Waals surface area contributed by atoms with E-state index in [4.69, 9.17) is 0 Å². The van der Waals surface area contributed by atoms with Gasteiger partial charge in [0.1, 0.15) is 0 Å². The summed E-state index contributed by atoms with van der Waals surface area (Å²) < 4.78 is 0. The van der Waals surface area contributed by atoms with Crippen LogP contribution in [0.1, 0.15) is 51.9 Å². The molecular weight excluding hydrogens is 319 g/mol. The van der Waals surface area contributed by atoms with Crippen LogP contribution in [0.15, 0.2) is 0 Å². The minimum atomic E-state index is 0. The number of halogens is 2. The first-order valence-corrected chi connectivity index (χ1v) is 4.21. The zero-order valence-electron chi connectivity index (χ0n) is 7.91. The fourth-order valence-electron chi connectivity index (χ4n) is 0.957. The van der Waals surface area contributed by atoms with Gasteiger partial charge < -0.3 is 24.8 Å². The first kappa shape index (κ1) is 23.6. The predicted molar refractivity (Wildman–Crippen MR) is 43.4 cm³/mol. The fourth-order valence-corrected chi connectivity index (χ4v) is 0.957. The SMILES string of the molecule is [CH2]CCCCCCCC.[Ce].[Cl-].[Cl-]. The first-order valence-electron chi connectivity index (χ1n) is 4.21. The van der Waals surface area contributed by atoms with Crippen LogP contribution in [0.2, 0.25) is 0 Å². The van der Waals surface area contributed by atoms with Gasteiger partial charge in [-0.1, -0.05) is 58.8 Å². The Bertz CT molecular complexity index is 45.8. The van der Waals surface area contributed by atoms with Gasteiger partial charge in [-0.2, -0.15) is 0 Å². The maximum absolute atomic E-state index is 3.80. The fraction of sp³-hybridized carbons (Fsp3) is 0.889. The Labute approximate surface area is 124 Å². The van der Waals surface area contributed by atoms with Crippen molar-refractivity contribution in [2.24, 2.45) is 0 Å². The second kappa shape index (κ2) is 23.1. The van der Waals surface area contributed by atoms with Crippen LogP contribution >= 0.6 is 0 Å². The predicted octanol–water partition coefficient (Wildman–Crippen LogP) is -2.42. The van der Waals surface area contributed by atoms with Gasteiger partial charge in [0.15, 0.2) is 0 Å². The molecule has 75 valence electrons. The maximum atomic E-state index is 3.80. The summed E-state index contributed by atoms with van der Waals surface area (Å²) in [4.78, 5) is 0. The van der Waals surface area contributed by atoms with E-state index in [9.17, 15) is 0 Å². The molecule has 0 nitrogen and oxygen atoms in total. The molecule has 0 rings (SSSR count). The van der Waals surface area contributed by atoms with E-state index in [2.05, 4.69) is 13.8 Å². The van der Waals surface area contributed by atoms with Crippen LogP contribution in [0.3, 0.4) is 0 Å². The zero-order chi connectivity index (χ0) is 6.95. The summed E-state index contributed by atoms with van der Waals surface area (Å²) in [6.07, 6.45) is 9.45. The zero-order valence-corrected chi connectivity index (χ0v) is 12.6. The maximum Gasteiger partial charge on any atom is 0 e. The standard InChI is InChI=1S/C9H19.Ce.2ClH/c1-3-5-7-9-8-6-4-2;;;/h1,3-9H2,2H3;;2*1H/p-2. The molecule has 0 atom stereocenters. The van der Waals surface area contributed by atoms with Gasteiger partial charge in [-0.3, -0.25) is 0 Å². The molecule has 0 heterocycles. The van der Waals surface area contributed by atoms with E-state index in [1.807, 2.05) is 0 Å². The molecule has 0 spiro atoms. The normalized spacial score (nSPS) is 7.50. The summed E-state index contributed by atoms with van der Waals surface area (Å²) in [7, 11) is 0. The molecule has 0 amide bonds. The molecule has 0 aromatic rings. The van der Waals surface area contributed by atoms with Crippen molar-refractivity contribution in [1.82, 2.24) is 0 Å². The quantitative estimate of drug-likeness (QED) is 0.473. The Morgan fingerprint density at radius 2 is 1.25 bits per heavy atom. The van der Waals surface area contributed by atoms with Crippen LogP contribution in [-0.2, 0) is 0 Å². The van der Waals surface area contributed by atoms with Gasteiger partial charge in [0, 0.05) is 41.7 Å². The van der Waals surface area contributed by atoms with Crippen LogP contribution < -0.4 is 24.8 Å². The molecule has 1 radical (unpaired) electrons. The molecule has 0 fully saturated rings. The first-order chi connectivity index (χ1) is 4.41. The molecule has 3 heteroatoms. The number of hydrogen-bond acceptors (Lipinski definition) is 0. The Hall–Kier alpha value is 1.96. The van der Waals surface area contributed by atoms with E-state index in [0.29, 0.717) is 0 Å². The third-order valence-electron chi connectivity index (χ3n) is 1.60. The van der Waals surface area contributed by atoms with E-state index in [1.54, 1.807) is 0 Å². The summed E-state index contributed by atoms with van der Waals surface area (Å²) in [6, 6.07) is 0. The topological polar surface area (TPSA) is 0 Å². The van der Waals surface area contributed by atoms with Crippen molar-refractivity contribution in [1.29, 1.82) is 0 Å². The van der Waals surface area contributed by atoms with E-state index in [0.717, 1.165) is 6.42 Å². The molecule has 0 saturated carbocycles. The van der Waals surface area contributed by atoms with Crippen LogP contribution in [0, 0.1) is 48.7 Å². The third kappa shape index (κ3) is 22.7. The van der Waals surface area contributed by atoms with Crippen molar-refractivity contribution >= 4 is 0 Å². The largest absolute Gasteiger partial charge is 1.00 e. The van der Waals surface area contributed by atoms with Crippen molar-refractivity contribution in [3.05, 3.63) is 6.92 Å². The number of rotatable bonds is 6. The minimum Gasteiger partial charge on any atom is -1.00 e. The van der Waals surface area contributed by atoms with Gasteiger partial charge in [0.2, 0.25) is 0 Å². The van der Waals surface area contributed by atoms with Crippen LogP contribution in [0.25, 0.3) is 0 Å². The van der Waals surface area contributed by atoms with Gasteiger partial charge >= 0.3 is 0 Å². The molecule has 12 heavy (non-hydrogen) atoms. The number of unbranched alkanes of at least 4 members (excludes halogenated alkanes) is 6. The van der Waals surface area contributed by atoms with Gasteiger partial charge in [0.05, 0.1) is 0 Å². The van der Waals surface area contributed by atoms with Gasteiger partial charge in [-0.15, -0.1) is 0 Å². The second-order valence-electron chi connectivity index (χ2n) is 2.62. The molecule has 0 aliphatic rings. The molecule has 0 aliphatic heterocycles. The Kier molecular flexibility index (Phi) is 45.5. The van der Waals surface area contributed by atoms with Crippen molar-refractivity contribution in [3.63, 3.8) is 0 Å². The molecule has 0 N–H and O–H groups in total. The summed E-state index contributed by atoms with van der Waals surface area (Å²) in [5, 5.41) is 0. The smallest absolute Gasteiger partial charge is 0 e. The van der Waals surface area contributed by atoms with E-state index in [-0.39, 0.29) is 66.6 Å². The molecule has 0 unspecified atom stereocenters. The Morgan fingerprint density at radius 1 is 0.833 bits per heavy atom. The van der Waals surface area contributed by atoms with Crippen LogP contribution in [0.4, 0.5) is 0 Å². The average molecular weight is 338 g/mol. The molecular formula is C9H19CeCl2-2. The van der Waals surface area contributed by atoms with Crippen molar-refractivity contribution in [2.75, 3.05) is 0 Å². The van der Waals surface area contributed by atoms with E-state index < -0.39 is 0 Å². The molecule has 0 bridgehead atoms. The monoisotopic (exact) mass is 337 g/mol. The van der Waals surface area contributed by atoms with Crippen LogP contribution in [0.5, 0.6) is 0 Å². The van der Waals surface area contributed by atoms with E-state index in [1.165, 1.54) is 38.5 Å². The molecule has 0 aliphatic carbocycles. The second-order valence-corrected chi connectivity index (χ2v) is 2.62. The molecule has 0 aromatic carbocycles. The Morgan fingerprint density at radius 3 is 1.67 bits per heavy atom. The summed E-state index contributed by atoms with van der Waals surface area (Å²) in [5.41, 5.74) is 0. The summed E-state index contributed by atoms with van der Waals surface area (Å²) >= 11 is 0.